The standard InChI is InChI=1S/C3H7N3O3/c4-2(5-8)1-3(7)6-9/h8-9H,1H2,(H2,4,5)(H,6,7). The maximum Gasteiger partial charge on any atom is 0.251 e. The average Bonchev–Trinajstić information content (AvgIpc) is 1.87. The Morgan fingerprint density at radius 3 is 2.67 bits per heavy atom. The van der Waals surface area contributed by atoms with Crippen molar-refractivity contribution >= 4 is 11.7 Å². The van der Waals surface area contributed by atoms with Gasteiger partial charge in [-0.15, -0.1) is 0 Å². The minimum absolute atomic E-state index is 0.249. The fourth-order valence-electron chi connectivity index (χ4n) is 0.239. The molecule has 0 aliphatic heterocycles. The summed E-state index contributed by atoms with van der Waals surface area (Å²) >= 11 is 0. The number of carbonyl (C=O) groups excluding carboxylic acids is 1. The summed E-state index contributed by atoms with van der Waals surface area (Å²) in [5, 5.41) is 18.3. The van der Waals surface area contributed by atoms with Crippen molar-refractivity contribution in [1.82, 2.24) is 5.48 Å². The monoisotopic (exact) mass is 133 g/mol. The summed E-state index contributed by atoms with van der Waals surface area (Å²) in [6.07, 6.45) is -0.313. The van der Waals surface area contributed by atoms with E-state index < -0.39 is 5.91 Å². The van der Waals surface area contributed by atoms with Gasteiger partial charge < -0.3 is 10.9 Å². The number of hydrogen-bond donors (Lipinski definition) is 4. The van der Waals surface area contributed by atoms with Crippen LogP contribution in [0.1, 0.15) is 6.42 Å². The fourth-order valence-corrected chi connectivity index (χ4v) is 0.239. The lowest BCUT2D eigenvalue weighted by Crippen LogP contribution is -2.25. The lowest BCUT2D eigenvalue weighted by Gasteiger charge is -1.93. The topological polar surface area (TPSA) is 108 Å². The lowest BCUT2D eigenvalue weighted by atomic mass is 10.4. The molecule has 0 atom stereocenters. The Balaban J connectivity index is 3.60. The molecule has 0 unspecified atom stereocenters. The number of oxime groups is 1. The summed E-state index contributed by atoms with van der Waals surface area (Å²) in [6, 6.07) is 0. The van der Waals surface area contributed by atoms with E-state index in [1.165, 1.54) is 5.48 Å². The Labute approximate surface area is 50.9 Å². The minimum Gasteiger partial charge on any atom is -0.409 e. The van der Waals surface area contributed by atoms with Crippen molar-refractivity contribution in [3.8, 4) is 0 Å². The Hall–Kier alpha value is -1.30. The molecule has 9 heavy (non-hydrogen) atoms. The number of nitrogens with zero attached hydrogens (tertiary/aromatic N) is 1. The van der Waals surface area contributed by atoms with Crippen LogP contribution in [0.4, 0.5) is 0 Å². The normalized spacial score (nSPS) is 11.0. The zero-order chi connectivity index (χ0) is 7.28. The van der Waals surface area contributed by atoms with E-state index in [9.17, 15) is 4.79 Å². The largest absolute Gasteiger partial charge is 0.409 e. The Kier molecular flexibility index (Phi) is 3.14. The summed E-state index contributed by atoms with van der Waals surface area (Å²) in [4.78, 5) is 10.1. The van der Waals surface area contributed by atoms with Crippen LogP contribution in [0.2, 0.25) is 0 Å². The maximum absolute atomic E-state index is 10.1. The van der Waals surface area contributed by atoms with Crippen LogP contribution in [0.3, 0.4) is 0 Å². The first-order valence-electron chi connectivity index (χ1n) is 2.10. The van der Waals surface area contributed by atoms with Crippen molar-refractivity contribution in [1.29, 1.82) is 0 Å². The molecular weight excluding hydrogens is 126 g/mol. The first-order valence-corrected chi connectivity index (χ1v) is 2.10. The molecule has 6 nitrogen and oxygen atoms in total. The average molecular weight is 133 g/mol. The molecule has 0 aliphatic carbocycles. The molecule has 0 saturated heterocycles. The maximum atomic E-state index is 10.1. The Morgan fingerprint density at radius 1 is 1.78 bits per heavy atom. The van der Waals surface area contributed by atoms with Crippen LogP contribution in [0, 0.1) is 0 Å². The predicted octanol–water partition coefficient (Wildman–Crippen LogP) is -1.37. The number of hydroxylamine groups is 1. The second-order valence-electron chi connectivity index (χ2n) is 1.30. The summed E-state index contributed by atoms with van der Waals surface area (Å²) < 4.78 is 0. The highest BCUT2D eigenvalue weighted by Gasteiger charge is 2.00. The molecule has 0 radical (unpaired) electrons. The second-order valence-corrected chi connectivity index (χ2v) is 1.30. The van der Waals surface area contributed by atoms with E-state index in [-0.39, 0.29) is 12.3 Å². The van der Waals surface area contributed by atoms with Crippen LogP contribution < -0.4 is 11.2 Å². The van der Waals surface area contributed by atoms with Gasteiger partial charge in [-0.25, -0.2) is 5.48 Å². The molecule has 0 fully saturated rings. The van der Waals surface area contributed by atoms with Crippen molar-refractivity contribution in [3.05, 3.63) is 0 Å². The van der Waals surface area contributed by atoms with Crippen molar-refractivity contribution in [2.45, 2.75) is 6.42 Å². The van der Waals surface area contributed by atoms with Crippen LogP contribution in [0.25, 0.3) is 0 Å². The summed E-state index contributed by atoms with van der Waals surface area (Å²) in [5.74, 6) is -0.966. The lowest BCUT2D eigenvalue weighted by molar-refractivity contribution is -0.127. The van der Waals surface area contributed by atoms with E-state index in [0.29, 0.717) is 0 Å². The molecule has 0 heterocycles. The van der Waals surface area contributed by atoms with Crippen LogP contribution in [0.15, 0.2) is 5.16 Å². The molecule has 5 N–H and O–H groups in total. The van der Waals surface area contributed by atoms with Crippen molar-refractivity contribution in [2.75, 3.05) is 0 Å². The first kappa shape index (κ1) is 7.70. The number of hydrogen-bond acceptors (Lipinski definition) is 4. The van der Waals surface area contributed by atoms with E-state index in [2.05, 4.69) is 5.16 Å². The molecule has 0 aromatic rings. The highest BCUT2D eigenvalue weighted by atomic mass is 16.5. The summed E-state index contributed by atoms with van der Waals surface area (Å²) in [5.41, 5.74) is 6.20. The van der Waals surface area contributed by atoms with Gasteiger partial charge in [-0.3, -0.25) is 10.0 Å². The van der Waals surface area contributed by atoms with Gasteiger partial charge in [-0.2, -0.15) is 0 Å². The second kappa shape index (κ2) is 3.67. The molecule has 0 aromatic heterocycles. The van der Waals surface area contributed by atoms with Crippen LogP contribution in [-0.2, 0) is 4.79 Å². The van der Waals surface area contributed by atoms with Gasteiger partial charge in [0.2, 0.25) is 0 Å². The third kappa shape index (κ3) is 3.30. The van der Waals surface area contributed by atoms with Gasteiger partial charge in [0.1, 0.15) is 5.84 Å². The third-order valence-electron chi connectivity index (χ3n) is 0.595. The fraction of sp³-hybridized carbons (Fsp3) is 0.333. The van der Waals surface area contributed by atoms with E-state index in [0.717, 1.165) is 0 Å². The van der Waals surface area contributed by atoms with Crippen molar-refractivity contribution in [2.24, 2.45) is 10.9 Å². The minimum atomic E-state index is -0.717. The Bertz CT molecular complexity index is 132. The number of amidine groups is 1. The van der Waals surface area contributed by atoms with Gasteiger partial charge in [0.05, 0.1) is 6.42 Å². The highest BCUT2D eigenvalue weighted by molar-refractivity contribution is 5.98. The van der Waals surface area contributed by atoms with E-state index in [1.807, 2.05) is 0 Å². The highest BCUT2D eigenvalue weighted by Crippen LogP contribution is 1.76. The first-order chi connectivity index (χ1) is 4.20. The number of amides is 1. The van der Waals surface area contributed by atoms with Gasteiger partial charge in [-0.05, 0) is 0 Å². The zero-order valence-electron chi connectivity index (χ0n) is 4.53. The quantitative estimate of drug-likeness (QED) is 0.122. The number of carbonyl (C=O) groups is 1. The van der Waals surface area contributed by atoms with Gasteiger partial charge in [0.15, 0.2) is 0 Å². The molecule has 6 heteroatoms. The molecule has 0 aliphatic rings. The number of nitrogens with two attached hydrogens (primary N) is 1. The molecule has 1 amide bonds. The molecule has 0 bridgehead atoms. The molecule has 0 saturated carbocycles. The van der Waals surface area contributed by atoms with Crippen molar-refractivity contribution in [3.63, 3.8) is 0 Å². The number of rotatable bonds is 2. The van der Waals surface area contributed by atoms with Crippen LogP contribution >= 0.6 is 0 Å². The predicted molar refractivity (Wildman–Crippen MR) is 28.0 cm³/mol. The molecule has 0 rings (SSSR count). The van der Waals surface area contributed by atoms with Crippen LogP contribution in [-0.4, -0.2) is 22.2 Å². The molecule has 0 aromatic carbocycles. The Morgan fingerprint density at radius 2 is 2.33 bits per heavy atom. The number of nitrogens with one attached hydrogen (secondary N) is 1. The van der Waals surface area contributed by atoms with E-state index in [1.54, 1.807) is 0 Å². The molecule has 52 valence electrons. The SMILES string of the molecule is N/C(CC(=O)NO)=N/O. The summed E-state index contributed by atoms with van der Waals surface area (Å²) in [7, 11) is 0. The zero-order valence-corrected chi connectivity index (χ0v) is 4.53. The van der Waals surface area contributed by atoms with Gasteiger partial charge in [0.25, 0.3) is 5.91 Å². The van der Waals surface area contributed by atoms with Crippen LogP contribution in [0.5, 0.6) is 0 Å². The summed E-state index contributed by atoms with van der Waals surface area (Å²) in [6.45, 7) is 0. The smallest absolute Gasteiger partial charge is 0.251 e. The van der Waals surface area contributed by atoms with Gasteiger partial charge in [0, 0.05) is 0 Å². The van der Waals surface area contributed by atoms with E-state index >= 15 is 0 Å². The van der Waals surface area contributed by atoms with E-state index in [4.69, 9.17) is 16.1 Å². The molecular formula is C3H7N3O3. The van der Waals surface area contributed by atoms with Gasteiger partial charge >= 0.3 is 0 Å². The van der Waals surface area contributed by atoms with Gasteiger partial charge in [-0.1, -0.05) is 5.16 Å². The molecule has 0 spiro atoms. The van der Waals surface area contributed by atoms with Crippen molar-refractivity contribution < 1.29 is 15.2 Å². The third-order valence-corrected chi connectivity index (χ3v) is 0.595.